The molecule has 1 fully saturated rings. The van der Waals surface area contributed by atoms with Crippen LogP contribution < -0.4 is 10.2 Å². The summed E-state index contributed by atoms with van der Waals surface area (Å²) in [5.41, 5.74) is 3.83. The van der Waals surface area contributed by atoms with Crippen LogP contribution in [0.15, 0.2) is 47.4 Å². The minimum absolute atomic E-state index is 0.0103. The third-order valence-electron chi connectivity index (χ3n) is 5.09. The molecule has 5 nitrogen and oxygen atoms in total. The number of nitrogens with one attached hydrogen (secondary N) is 1. The molecule has 0 aromatic heterocycles. The van der Waals surface area contributed by atoms with E-state index in [1.807, 2.05) is 24.0 Å². The van der Waals surface area contributed by atoms with Crippen molar-refractivity contribution in [1.82, 2.24) is 4.90 Å². The lowest BCUT2D eigenvalue weighted by Crippen LogP contribution is -2.48. The van der Waals surface area contributed by atoms with Gasteiger partial charge in [0, 0.05) is 42.3 Å². The first-order chi connectivity index (χ1) is 13.0. The molecule has 0 aliphatic carbocycles. The summed E-state index contributed by atoms with van der Waals surface area (Å²) in [7, 11) is 0. The molecule has 0 spiro atoms. The van der Waals surface area contributed by atoms with Crippen LogP contribution in [0.1, 0.15) is 22.8 Å². The summed E-state index contributed by atoms with van der Waals surface area (Å²) in [5.74, 6) is 0.0171. The van der Waals surface area contributed by atoms with Crippen LogP contribution in [0, 0.1) is 6.92 Å². The molecule has 0 radical (unpaired) electrons. The van der Waals surface area contributed by atoms with Crippen LogP contribution in [0.4, 0.5) is 11.4 Å². The van der Waals surface area contributed by atoms with Gasteiger partial charge in [-0.3, -0.25) is 9.59 Å². The molecular formula is C21H23N3O2S. The summed E-state index contributed by atoms with van der Waals surface area (Å²) >= 11 is 1.53. The first-order valence-electron chi connectivity index (χ1n) is 9.24. The Morgan fingerprint density at radius 1 is 1.11 bits per heavy atom. The highest BCUT2D eigenvalue weighted by Gasteiger charge is 2.26. The fourth-order valence-electron chi connectivity index (χ4n) is 3.52. The number of anilines is 2. The number of aryl methyl sites for hydroxylation is 1. The van der Waals surface area contributed by atoms with E-state index in [2.05, 4.69) is 41.4 Å². The Kier molecular flexibility index (Phi) is 4.83. The van der Waals surface area contributed by atoms with Crippen molar-refractivity contribution in [3.05, 3.63) is 53.6 Å². The van der Waals surface area contributed by atoms with Crippen LogP contribution in [0.25, 0.3) is 0 Å². The Labute approximate surface area is 163 Å². The van der Waals surface area contributed by atoms with Crippen molar-refractivity contribution < 1.29 is 9.59 Å². The number of rotatable bonds is 2. The number of nitrogens with zero attached hydrogens (tertiary/aromatic N) is 2. The lowest BCUT2D eigenvalue weighted by atomic mass is 10.1. The van der Waals surface area contributed by atoms with Gasteiger partial charge in [-0.15, -0.1) is 11.8 Å². The smallest absolute Gasteiger partial charge is 0.254 e. The zero-order valence-corrected chi connectivity index (χ0v) is 16.4. The summed E-state index contributed by atoms with van der Waals surface area (Å²) in [4.78, 5) is 30.1. The van der Waals surface area contributed by atoms with Crippen LogP contribution in [0.3, 0.4) is 0 Å². The Morgan fingerprint density at radius 3 is 2.63 bits per heavy atom. The van der Waals surface area contributed by atoms with Crippen molar-refractivity contribution in [2.75, 3.05) is 36.4 Å². The van der Waals surface area contributed by atoms with Gasteiger partial charge >= 0.3 is 0 Å². The molecule has 0 saturated carbocycles. The molecule has 1 saturated heterocycles. The third-order valence-corrected chi connectivity index (χ3v) is 6.27. The fraction of sp³-hybridized carbons (Fsp3) is 0.333. The molecule has 1 unspecified atom stereocenters. The highest BCUT2D eigenvalue weighted by molar-refractivity contribution is 8.00. The van der Waals surface area contributed by atoms with E-state index in [0.717, 1.165) is 23.7 Å². The SMILES string of the molecule is Cc1cccc(N2CCN(C(=O)c3ccc4c(c3)NC(=O)C(C)S4)CC2)c1. The van der Waals surface area contributed by atoms with Crippen LogP contribution in [-0.2, 0) is 4.79 Å². The molecule has 1 N–H and O–H groups in total. The molecule has 0 bridgehead atoms. The maximum Gasteiger partial charge on any atom is 0.254 e. The molecular weight excluding hydrogens is 358 g/mol. The molecule has 6 heteroatoms. The van der Waals surface area contributed by atoms with Gasteiger partial charge in [-0.25, -0.2) is 0 Å². The number of hydrogen-bond acceptors (Lipinski definition) is 4. The van der Waals surface area contributed by atoms with Crippen molar-refractivity contribution in [3.63, 3.8) is 0 Å². The van der Waals surface area contributed by atoms with Crippen LogP contribution in [-0.4, -0.2) is 48.1 Å². The van der Waals surface area contributed by atoms with Crippen molar-refractivity contribution >= 4 is 35.0 Å². The molecule has 2 aliphatic rings. The average Bonchev–Trinajstić information content (AvgIpc) is 2.68. The molecule has 4 rings (SSSR count). The van der Waals surface area contributed by atoms with Gasteiger partial charge in [0.25, 0.3) is 5.91 Å². The van der Waals surface area contributed by atoms with Crippen molar-refractivity contribution in [2.24, 2.45) is 0 Å². The molecule has 27 heavy (non-hydrogen) atoms. The van der Waals surface area contributed by atoms with Gasteiger partial charge in [-0.05, 0) is 49.7 Å². The number of benzene rings is 2. The minimum Gasteiger partial charge on any atom is -0.368 e. The lowest BCUT2D eigenvalue weighted by molar-refractivity contribution is -0.115. The summed E-state index contributed by atoms with van der Waals surface area (Å²) < 4.78 is 0. The molecule has 1 atom stereocenters. The molecule has 2 aromatic carbocycles. The highest BCUT2D eigenvalue weighted by Crippen LogP contribution is 2.36. The Bertz CT molecular complexity index is 891. The Morgan fingerprint density at radius 2 is 1.89 bits per heavy atom. The largest absolute Gasteiger partial charge is 0.368 e. The van der Waals surface area contributed by atoms with Gasteiger partial charge in [0.15, 0.2) is 0 Å². The quantitative estimate of drug-likeness (QED) is 0.866. The zero-order chi connectivity index (χ0) is 19.0. The second-order valence-electron chi connectivity index (χ2n) is 7.08. The fourth-order valence-corrected chi connectivity index (χ4v) is 4.45. The number of carbonyl (C=O) groups is 2. The Balaban J connectivity index is 1.44. The first-order valence-corrected chi connectivity index (χ1v) is 10.1. The van der Waals surface area contributed by atoms with Crippen LogP contribution >= 0.6 is 11.8 Å². The van der Waals surface area contributed by atoms with E-state index >= 15 is 0 Å². The second-order valence-corrected chi connectivity index (χ2v) is 8.46. The number of piperazine rings is 1. The van der Waals surface area contributed by atoms with Gasteiger partial charge in [0.2, 0.25) is 5.91 Å². The molecule has 140 valence electrons. The maximum atomic E-state index is 12.9. The maximum absolute atomic E-state index is 12.9. The number of fused-ring (bicyclic) bond motifs is 1. The van der Waals surface area contributed by atoms with Gasteiger partial charge < -0.3 is 15.1 Å². The van der Waals surface area contributed by atoms with Crippen molar-refractivity contribution in [1.29, 1.82) is 0 Å². The number of carbonyl (C=O) groups excluding carboxylic acids is 2. The molecule has 2 amide bonds. The number of amides is 2. The second kappa shape index (κ2) is 7.27. The van der Waals surface area contributed by atoms with Crippen molar-refractivity contribution in [2.45, 2.75) is 24.0 Å². The monoisotopic (exact) mass is 381 g/mol. The average molecular weight is 382 g/mol. The molecule has 2 aromatic rings. The van der Waals surface area contributed by atoms with Crippen LogP contribution in [0.2, 0.25) is 0 Å². The van der Waals surface area contributed by atoms with Crippen LogP contribution in [0.5, 0.6) is 0 Å². The minimum atomic E-state index is -0.103. The first kappa shape index (κ1) is 17.9. The number of hydrogen-bond donors (Lipinski definition) is 1. The lowest BCUT2D eigenvalue weighted by Gasteiger charge is -2.36. The number of thioether (sulfide) groups is 1. The van der Waals surface area contributed by atoms with Gasteiger partial charge in [-0.2, -0.15) is 0 Å². The normalized spacial score (nSPS) is 19.5. The summed E-state index contributed by atoms with van der Waals surface area (Å²) in [6.07, 6.45) is 0. The van der Waals surface area contributed by atoms with Crippen molar-refractivity contribution in [3.8, 4) is 0 Å². The van der Waals surface area contributed by atoms with Gasteiger partial charge in [0.1, 0.15) is 0 Å². The van der Waals surface area contributed by atoms with Gasteiger partial charge in [-0.1, -0.05) is 12.1 Å². The van der Waals surface area contributed by atoms with Gasteiger partial charge in [0.05, 0.1) is 10.9 Å². The standard InChI is InChI=1S/C21H23N3O2S/c1-14-4-3-5-17(12-14)23-8-10-24(11-9-23)21(26)16-6-7-19-18(13-16)22-20(25)15(2)27-19/h3-7,12-13,15H,8-11H2,1-2H3,(H,22,25). The van der Waals surface area contributed by atoms with E-state index in [9.17, 15) is 9.59 Å². The van der Waals surface area contributed by atoms with E-state index in [-0.39, 0.29) is 17.1 Å². The third kappa shape index (κ3) is 3.67. The predicted octanol–water partition coefficient (Wildman–Crippen LogP) is 3.39. The Hall–Kier alpha value is -2.47. The van der Waals surface area contributed by atoms with E-state index in [4.69, 9.17) is 0 Å². The molecule has 2 aliphatic heterocycles. The van der Waals surface area contributed by atoms with E-state index in [1.54, 1.807) is 6.07 Å². The van der Waals surface area contributed by atoms with E-state index < -0.39 is 0 Å². The predicted molar refractivity (Wildman–Crippen MR) is 110 cm³/mol. The topological polar surface area (TPSA) is 52.6 Å². The van der Waals surface area contributed by atoms with E-state index in [1.165, 1.54) is 23.0 Å². The summed E-state index contributed by atoms with van der Waals surface area (Å²) in [6, 6.07) is 14.1. The summed E-state index contributed by atoms with van der Waals surface area (Å²) in [5, 5.41) is 2.80. The van der Waals surface area contributed by atoms with E-state index in [0.29, 0.717) is 18.7 Å². The molecule has 2 heterocycles. The highest BCUT2D eigenvalue weighted by atomic mass is 32.2. The zero-order valence-electron chi connectivity index (χ0n) is 15.6. The summed E-state index contributed by atoms with van der Waals surface area (Å²) in [6.45, 7) is 7.02.